The summed E-state index contributed by atoms with van der Waals surface area (Å²) in [6, 6.07) is 3.39. The van der Waals surface area contributed by atoms with Crippen molar-refractivity contribution in [2.24, 2.45) is 0 Å². The van der Waals surface area contributed by atoms with Crippen molar-refractivity contribution in [3.8, 4) is 10.6 Å². The lowest BCUT2D eigenvalue weighted by molar-refractivity contribution is -0.0112. The van der Waals surface area contributed by atoms with Crippen LogP contribution in [0, 0.1) is 6.92 Å². The third kappa shape index (κ3) is 3.70. The van der Waals surface area contributed by atoms with Gasteiger partial charge in [0, 0.05) is 37.1 Å². The molecule has 0 radical (unpaired) electrons. The molecule has 1 aliphatic heterocycles. The molecular formula is C16H19F2N2O3PS2. The molecule has 0 spiro atoms. The standard InChI is InChI=1S/C16H19F2N2O3PS2/c1-10-13(19-23-14(10)16(2,17)18)11-4-5-12(25-11)15(21)20-6-8-26(3,24-22)9-7-20/h4-5H,6-9H2,1-3H3. The summed E-state index contributed by atoms with van der Waals surface area (Å²) < 4.78 is 43.1. The number of nitrogens with zero attached hydrogens (tertiary/aromatic N) is 2. The number of hydrogen-bond acceptors (Lipinski definition) is 5. The van der Waals surface area contributed by atoms with Gasteiger partial charge in [0.1, 0.15) is 5.69 Å². The number of halogens is 2. The van der Waals surface area contributed by atoms with Gasteiger partial charge in [-0.15, -0.1) is 11.3 Å². The fourth-order valence-corrected chi connectivity index (χ4v) is 6.35. The monoisotopic (exact) mass is 420 g/mol. The smallest absolute Gasteiger partial charge is 0.304 e. The van der Waals surface area contributed by atoms with Crippen molar-refractivity contribution in [2.75, 3.05) is 30.9 Å². The van der Waals surface area contributed by atoms with Gasteiger partial charge in [0.2, 0.25) is 13.4 Å². The molecule has 0 unspecified atom stereocenters. The molecule has 0 aromatic carbocycles. The second-order valence-corrected chi connectivity index (χ2v) is 14.1. The van der Waals surface area contributed by atoms with E-state index in [1.165, 1.54) is 18.3 Å². The van der Waals surface area contributed by atoms with E-state index in [4.69, 9.17) is 4.52 Å². The highest BCUT2D eigenvalue weighted by Crippen LogP contribution is 2.57. The fourth-order valence-electron chi connectivity index (χ4n) is 2.82. The molecular weight excluding hydrogens is 401 g/mol. The summed E-state index contributed by atoms with van der Waals surface area (Å²) >= 11 is 1.22. The van der Waals surface area contributed by atoms with Gasteiger partial charge in [-0.2, -0.15) is 18.4 Å². The first-order chi connectivity index (χ1) is 12.1. The molecule has 0 saturated carbocycles. The lowest BCUT2D eigenvalue weighted by atomic mass is 10.1. The lowest BCUT2D eigenvalue weighted by Gasteiger charge is -2.38. The van der Waals surface area contributed by atoms with Gasteiger partial charge >= 0.3 is 5.92 Å². The highest BCUT2D eigenvalue weighted by atomic mass is 32.8. The Morgan fingerprint density at radius 2 is 2.04 bits per heavy atom. The summed E-state index contributed by atoms with van der Waals surface area (Å²) in [4.78, 5) is 15.6. The minimum absolute atomic E-state index is 0.0903. The van der Waals surface area contributed by atoms with Gasteiger partial charge in [0.15, 0.2) is 0 Å². The predicted octanol–water partition coefficient (Wildman–Crippen LogP) is 4.92. The molecule has 3 rings (SSSR count). The Morgan fingerprint density at radius 1 is 1.38 bits per heavy atom. The molecule has 0 bridgehead atoms. The van der Waals surface area contributed by atoms with Gasteiger partial charge in [-0.05, 0) is 25.3 Å². The van der Waals surface area contributed by atoms with Crippen LogP contribution in [0.3, 0.4) is 0 Å². The van der Waals surface area contributed by atoms with Crippen LogP contribution < -0.4 is 0 Å². The first kappa shape index (κ1) is 19.5. The average molecular weight is 420 g/mol. The van der Waals surface area contributed by atoms with Crippen LogP contribution in [0.5, 0.6) is 0 Å². The SMILES string of the molecule is Cc1c(-c2ccc(C(=O)N3CCS(C)(P=O)CC3)s2)noc1C(C)(F)F. The van der Waals surface area contributed by atoms with Gasteiger partial charge in [-0.3, -0.25) is 9.36 Å². The largest absolute Gasteiger partial charge is 0.354 e. The highest BCUT2D eigenvalue weighted by Gasteiger charge is 2.34. The number of hydrogen-bond donors (Lipinski definition) is 0. The van der Waals surface area contributed by atoms with E-state index in [-0.39, 0.29) is 19.1 Å². The molecule has 1 fully saturated rings. The number of carbonyl (C=O) groups is 1. The maximum atomic E-state index is 13.5. The maximum Gasteiger partial charge on any atom is 0.304 e. The van der Waals surface area contributed by atoms with Gasteiger partial charge in [0.25, 0.3) is 5.91 Å². The number of alkyl halides is 2. The van der Waals surface area contributed by atoms with E-state index in [1.54, 1.807) is 17.0 Å². The number of carbonyl (C=O) groups excluding carboxylic acids is 1. The van der Waals surface area contributed by atoms with E-state index in [0.717, 1.165) is 18.4 Å². The summed E-state index contributed by atoms with van der Waals surface area (Å²) in [5, 5.41) is 3.77. The molecule has 1 aliphatic rings. The summed E-state index contributed by atoms with van der Waals surface area (Å²) in [7, 11) is -0.953. The Labute approximate surface area is 157 Å². The minimum atomic E-state index is -3.10. The van der Waals surface area contributed by atoms with E-state index in [1.807, 2.05) is 6.26 Å². The topological polar surface area (TPSA) is 63.4 Å². The van der Waals surface area contributed by atoms with Crippen molar-refractivity contribution in [3.05, 3.63) is 28.3 Å². The molecule has 5 nitrogen and oxygen atoms in total. The zero-order valence-corrected chi connectivity index (χ0v) is 17.1. The van der Waals surface area contributed by atoms with Gasteiger partial charge in [0.05, 0.1) is 9.75 Å². The molecule has 142 valence electrons. The number of aromatic nitrogens is 1. The van der Waals surface area contributed by atoms with E-state index in [9.17, 15) is 18.1 Å². The molecule has 0 N–H and O–H groups in total. The molecule has 26 heavy (non-hydrogen) atoms. The number of thiophene rings is 1. The molecule has 0 atom stereocenters. The van der Waals surface area contributed by atoms with Gasteiger partial charge < -0.3 is 9.42 Å². The van der Waals surface area contributed by atoms with Crippen LogP contribution in [-0.4, -0.2) is 46.8 Å². The van der Waals surface area contributed by atoms with Crippen LogP contribution in [-0.2, 0) is 10.5 Å². The maximum absolute atomic E-state index is 13.5. The zero-order valence-electron chi connectivity index (χ0n) is 14.6. The third-order valence-corrected chi connectivity index (χ3v) is 10.2. The van der Waals surface area contributed by atoms with E-state index in [2.05, 4.69) is 5.16 Å². The van der Waals surface area contributed by atoms with E-state index in [0.29, 0.717) is 28.5 Å². The Bertz CT molecular complexity index is 839. The average Bonchev–Trinajstić information content (AvgIpc) is 3.21. The second kappa shape index (κ2) is 7.02. The zero-order chi connectivity index (χ0) is 19.1. The predicted molar refractivity (Wildman–Crippen MR) is 101 cm³/mol. The molecule has 1 amide bonds. The molecule has 2 aromatic rings. The molecule has 0 aliphatic carbocycles. The lowest BCUT2D eigenvalue weighted by Crippen LogP contribution is -2.40. The summed E-state index contributed by atoms with van der Waals surface area (Å²) in [6.07, 6.45) is 2.03. The summed E-state index contributed by atoms with van der Waals surface area (Å²) in [5.74, 6) is -2.12. The van der Waals surface area contributed by atoms with Crippen LogP contribution in [0.25, 0.3) is 10.6 Å². The Morgan fingerprint density at radius 3 is 2.58 bits per heavy atom. The van der Waals surface area contributed by atoms with E-state index < -0.39 is 21.3 Å². The quantitative estimate of drug-likeness (QED) is 0.659. The van der Waals surface area contributed by atoms with Crippen LogP contribution in [0.1, 0.15) is 27.9 Å². The Hall–Kier alpha value is -1.31. The fraction of sp³-hybridized carbons (Fsp3) is 0.500. The molecule has 2 aromatic heterocycles. The first-order valence-electron chi connectivity index (χ1n) is 7.97. The van der Waals surface area contributed by atoms with Crippen molar-refractivity contribution in [1.82, 2.24) is 10.1 Å². The van der Waals surface area contributed by atoms with Gasteiger partial charge in [-0.25, -0.2) is 0 Å². The molecule has 3 heterocycles. The first-order valence-corrected chi connectivity index (χ1v) is 12.6. The number of amides is 1. The van der Waals surface area contributed by atoms with Crippen molar-refractivity contribution in [1.29, 1.82) is 0 Å². The van der Waals surface area contributed by atoms with Crippen LogP contribution in [0.4, 0.5) is 8.78 Å². The summed E-state index contributed by atoms with van der Waals surface area (Å²) in [6.45, 7) is 3.47. The van der Waals surface area contributed by atoms with Crippen molar-refractivity contribution >= 4 is 34.6 Å². The molecule has 10 heteroatoms. The Balaban J connectivity index is 1.78. The highest BCUT2D eigenvalue weighted by molar-refractivity contribution is 8.69. The van der Waals surface area contributed by atoms with Crippen LogP contribution in [0.2, 0.25) is 0 Å². The van der Waals surface area contributed by atoms with Crippen molar-refractivity contribution < 1.29 is 22.7 Å². The summed E-state index contributed by atoms with van der Waals surface area (Å²) in [5.41, 5.74) is 0.622. The van der Waals surface area contributed by atoms with Crippen molar-refractivity contribution in [2.45, 2.75) is 19.8 Å². The Kier molecular flexibility index (Phi) is 5.25. The van der Waals surface area contributed by atoms with Gasteiger partial charge in [-0.1, -0.05) is 5.16 Å². The third-order valence-electron chi connectivity index (χ3n) is 4.44. The second-order valence-electron chi connectivity index (χ2n) is 6.53. The van der Waals surface area contributed by atoms with Crippen LogP contribution in [0.15, 0.2) is 16.7 Å². The molecule has 1 saturated heterocycles. The van der Waals surface area contributed by atoms with Crippen molar-refractivity contribution in [3.63, 3.8) is 0 Å². The van der Waals surface area contributed by atoms with E-state index >= 15 is 0 Å². The van der Waals surface area contributed by atoms with Crippen LogP contribution >= 0.6 is 28.6 Å². The normalized spacial score (nSPS) is 18.9. The number of rotatable bonds is 4. The minimum Gasteiger partial charge on any atom is -0.354 e.